The van der Waals surface area contributed by atoms with Crippen molar-refractivity contribution in [3.63, 3.8) is 0 Å². The van der Waals surface area contributed by atoms with Crippen LogP contribution in [0.2, 0.25) is 0 Å². The zero-order chi connectivity index (χ0) is 23.3. The highest BCUT2D eigenvalue weighted by atomic mass is 16.5. The van der Waals surface area contributed by atoms with E-state index in [1.165, 1.54) is 4.57 Å². The summed E-state index contributed by atoms with van der Waals surface area (Å²) in [6.07, 6.45) is 0.688. The summed E-state index contributed by atoms with van der Waals surface area (Å²) in [6, 6.07) is 9.18. The number of rotatable bonds is 5. The first-order valence-electron chi connectivity index (χ1n) is 11.0. The van der Waals surface area contributed by atoms with Crippen molar-refractivity contribution < 1.29 is 14.3 Å². The van der Waals surface area contributed by atoms with E-state index in [-0.39, 0.29) is 23.5 Å². The Morgan fingerprint density at radius 2 is 1.72 bits per heavy atom. The van der Waals surface area contributed by atoms with Gasteiger partial charge in [-0.05, 0) is 68.0 Å². The SMILES string of the molecule is CCC1=C(C)C(=O)n2c1cc1c(C)c(-c3ccc(C(=O)OCC(C)C)cc3)c(C)n1c2=O. The minimum atomic E-state index is -0.344. The fourth-order valence-corrected chi connectivity index (χ4v) is 4.55. The molecule has 0 spiro atoms. The molecule has 1 aliphatic rings. The number of aryl methyl sites for hydroxylation is 2. The van der Waals surface area contributed by atoms with E-state index in [0.717, 1.165) is 33.5 Å². The van der Waals surface area contributed by atoms with Crippen LogP contribution in [0.5, 0.6) is 0 Å². The third kappa shape index (κ3) is 3.22. The topological polar surface area (TPSA) is 69.8 Å². The highest BCUT2D eigenvalue weighted by molar-refractivity contribution is 6.08. The Labute approximate surface area is 187 Å². The van der Waals surface area contributed by atoms with Gasteiger partial charge in [-0.2, -0.15) is 0 Å². The maximum absolute atomic E-state index is 13.3. The van der Waals surface area contributed by atoms with E-state index < -0.39 is 0 Å². The van der Waals surface area contributed by atoms with Crippen LogP contribution in [-0.4, -0.2) is 27.5 Å². The first kappa shape index (κ1) is 21.8. The molecule has 4 rings (SSSR count). The van der Waals surface area contributed by atoms with Crippen LogP contribution in [0.4, 0.5) is 0 Å². The maximum Gasteiger partial charge on any atom is 0.340 e. The fraction of sp³-hybridized carbons (Fsp3) is 0.346. The first-order chi connectivity index (χ1) is 15.2. The molecular formula is C26H28N2O4. The summed E-state index contributed by atoms with van der Waals surface area (Å²) in [7, 11) is 0. The second-order valence-electron chi connectivity index (χ2n) is 8.79. The van der Waals surface area contributed by atoms with Gasteiger partial charge in [0.15, 0.2) is 0 Å². The fourth-order valence-electron chi connectivity index (χ4n) is 4.55. The Bertz CT molecular complexity index is 1350. The van der Waals surface area contributed by atoms with E-state index in [9.17, 15) is 14.4 Å². The Morgan fingerprint density at radius 3 is 2.31 bits per heavy atom. The van der Waals surface area contributed by atoms with Crippen LogP contribution >= 0.6 is 0 Å². The van der Waals surface area contributed by atoms with Crippen molar-refractivity contribution in [1.29, 1.82) is 0 Å². The molecule has 0 saturated carbocycles. The summed E-state index contributed by atoms with van der Waals surface area (Å²) >= 11 is 0. The van der Waals surface area contributed by atoms with Gasteiger partial charge in [0, 0.05) is 16.8 Å². The van der Waals surface area contributed by atoms with E-state index in [4.69, 9.17) is 4.74 Å². The molecule has 6 heteroatoms. The molecule has 1 aromatic carbocycles. The van der Waals surface area contributed by atoms with Crippen LogP contribution in [0.25, 0.3) is 22.2 Å². The molecule has 3 aromatic rings. The molecule has 0 unspecified atom stereocenters. The molecule has 32 heavy (non-hydrogen) atoms. The third-order valence-electron chi connectivity index (χ3n) is 6.19. The van der Waals surface area contributed by atoms with Crippen LogP contribution in [0.15, 0.2) is 40.7 Å². The summed E-state index contributed by atoms with van der Waals surface area (Å²) in [5.74, 6) is -0.319. The highest BCUT2D eigenvalue weighted by Gasteiger charge is 2.29. The molecule has 6 nitrogen and oxygen atoms in total. The predicted molar refractivity (Wildman–Crippen MR) is 125 cm³/mol. The van der Waals surface area contributed by atoms with Gasteiger partial charge in [-0.1, -0.05) is 32.9 Å². The van der Waals surface area contributed by atoms with Gasteiger partial charge in [-0.3, -0.25) is 9.20 Å². The lowest BCUT2D eigenvalue weighted by Crippen LogP contribution is -2.31. The van der Waals surface area contributed by atoms with Crippen molar-refractivity contribution in [2.75, 3.05) is 6.61 Å². The Kier molecular flexibility index (Phi) is 5.41. The van der Waals surface area contributed by atoms with Gasteiger partial charge in [0.25, 0.3) is 5.91 Å². The van der Waals surface area contributed by atoms with Gasteiger partial charge < -0.3 is 4.74 Å². The second kappa shape index (κ2) is 7.93. The summed E-state index contributed by atoms with van der Waals surface area (Å²) in [4.78, 5) is 38.3. The van der Waals surface area contributed by atoms with Gasteiger partial charge in [-0.15, -0.1) is 0 Å². The Balaban J connectivity index is 1.82. The van der Waals surface area contributed by atoms with Crippen molar-refractivity contribution >= 4 is 23.0 Å². The second-order valence-corrected chi connectivity index (χ2v) is 8.79. The number of hydrogen-bond donors (Lipinski definition) is 0. The van der Waals surface area contributed by atoms with Crippen molar-refractivity contribution in [2.45, 2.75) is 48.0 Å². The number of benzene rings is 1. The smallest absolute Gasteiger partial charge is 0.340 e. The Morgan fingerprint density at radius 1 is 1.06 bits per heavy atom. The predicted octanol–water partition coefficient (Wildman–Crippen LogP) is 5.03. The summed E-state index contributed by atoms with van der Waals surface area (Å²) < 4.78 is 8.20. The quantitative estimate of drug-likeness (QED) is 0.530. The lowest BCUT2D eigenvalue weighted by atomic mass is 10.00. The van der Waals surface area contributed by atoms with Crippen molar-refractivity contribution in [1.82, 2.24) is 8.97 Å². The molecule has 0 N–H and O–H groups in total. The number of fused-ring (bicyclic) bond motifs is 2. The zero-order valence-electron chi connectivity index (χ0n) is 19.4. The van der Waals surface area contributed by atoms with Crippen molar-refractivity contribution in [3.8, 4) is 11.1 Å². The molecule has 1 aliphatic heterocycles. The van der Waals surface area contributed by atoms with Gasteiger partial charge in [0.05, 0.1) is 23.4 Å². The van der Waals surface area contributed by atoms with E-state index >= 15 is 0 Å². The van der Waals surface area contributed by atoms with Gasteiger partial charge >= 0.3 is 11.7 Å². The number of nitrogens with zero attached hydrogens (tertiary/aromatic N) is 2. The molecule has 0 bridgehead atoms. The van der Waals surface area contributed by atoms with Gasteiger partial charge in [0.2, 0.25) is 0 Å². The molecule has 0 fully saturated rings. The molecule has 3 heterocycles. The van der Waals surface area contributed by atoms with Crippen LogP contribution in [0.3, 0.4) is 0 Å². The first-order valence-corrected chi connectivity index (χ1v) is 11.0. The minimum Gasteiger partial charge on any atom is -0.462 e. The molecule has 0 amide bonds. The number of carbonyl (C=O) groups is 2. The lowest BCUT2D eigenvalue weighted by Gasteiger charge is -2.08. The number of carbonyl (C=O) groups excluding carboxylic acids is 2. The van der Waals surface area contributed by atoms with E-state index in [1.807, 2.05) is 52.8 Å². The number of ether oxygens (including phenoxy) is 1. The number of aromatic nitrogens is 2. The molecule has 0 atom stereocenters. The lowest BCUT2D eigenvalue weighted by molar-refractivity contribution is 0.0459. The normalized spacial score (nSPS) is 13.4. The summed E-state index contributed by atoms with van der Waals surface area (Å²) in [5, 5.41) is 0. The molecule has 166 valence electrons. The number of esters is 1. The molecule has 0 radical (unpaired) electrons. The van der Waals surface area contributed by atoms with Crippen LogP contribution in [0.1, 0.15) is 66.2 Å². The van der Waals surface area contributed by atoms with Crippen molar-refractivity contribution in [3.05, 3.63) is 68.9 Å². The molecule has 0 aliphatic carbocycles. The van der Waals surface area contributed by atoms with Crippen LogP contribution in [0, 0.1) is 19.8 Å². The van der Waals surface area contributed by atoms with Crippen molar-refractivity contribution in [2.24, 2.45) is 5.92 Å². The highest BCUT2D eigenvalue weighted by Crippen LogP contribution is 2.35. The third-order valence-corrected chi connectivity index (χ3v) is 6.19. The van der Waals surface area contributed by atoms with E-state index in [1.54, 1.807) is 23.5 Å². The average Bonchev–Trinajstić information content (AvgIpc) is 3.16. The van der Waals surface area contributed by atoms with Crippen LogP contribution in [-0.2, 0) is 4.74 Å². The summed E-state index contributed by atoms with van der Waals surface area (Å²) in [6.45, 7) is 12.0. The standard InChI is InChI=1S/C26H28N2O4/c1-7-20-15(4)24(29)28-22(20)12-21-16(5)23(17(6)27(21)26(28)31)18-8-10-19(11-9-18)25(30)32-13-14(2)3/h8-12,14H,7,13H2,1-6H3. The van der Waals surface area contributed by atoms with Gasteiger partial charge in [-0.25, -0.2) is 14.2 Å². The Hall–Kier alpha value is -3.41. The van der Waals surface area contributed by atoms with E-state index in [0.29, 0.717) is 29.9 Å². The maximum atomic E-state index is 13.3. The minimum absolute atomic E-state index is 0.250. The number of allylic oxidation sites excluding steroid dienone is 2. The van der Waals surface area contributed by atoms with Crippen LogP contribution < -0.4 is 5.69 Å². The zero-order valence-corrected chi connectivity index (χ0v) is 19.4. The summed E-state index contributed by atoms with van der Waals surface area (Å²) in [5.41, 5.74) is 6.74. The average molecular weight is 433 g/mol. The monoisotopic (exact) mass is 432 g/mol. The van der Waals surface area contributed by atoms with E-state index in [2.05, 4.69) is 0 Å². The molecule has 0 saturated heterocycles. The number of hydrogen-bond acceptors (Lipinski definition) is 4. The van der Waals surface area contributed by atoms with Gasteiger partial charge in [0.1, 0.15) is 0 Å². The molecule has 2 aromatic heterocycles. The largest absolute Gasteiger partial charge is 0.462 e. The molecular weight excluding hydrogens is 404 g/mol.